The largest absolute Gasteiger partial charge is 0.584 e. The molecule has 0 atom stereocenters. The van der Waals surface area contributed by atoms with Gasteiger partial charge in [0.2, 0.25) is 0 Å². The molecule has 9 heteroatoms. The van der Waals surface area contributed by atoms with Gasteiger partial charge in [-0.1, -0.05) is 48.5 Å². The third kappa shape index (κ3) is 3.17. The smallest absolute Gasteiger partial charge is 0.478 e. The van der Waals surface area contributed by atoms with Crippen LogP contribution in [0.25, 0.3) is 21.5 Å². The van der Waals surface area contributed by atoms with E-state index in [9.17, 15) is 29.3 Å². The number of rotatable bonds is 2. The number of carboxylic acid groups (broad SMARTS) is 2. The van der Waals surface area contributed by atoms with Gasteiger partial charge < -0.3 is 19.3 Å². The molecule has 3 N–H and O–H groups in total. The summed E-state index contributed by atoms with van der Waals surface area (Å²) >= 11 is 0. The highest BCUT2D eigenvalue weighted by Gasteiger charge is 2.36. The standard InChI is InChI=1S/C23H15O8P/c24-22(25)18-9-12-5-1-3-7-14(12)16-11-17-15-8-4-2-6-13(15)10-19(23(26)27)21(17)31-32(28,29)30-20(16)18/h1-10H,11H2,(H,24,25)(H,26,27)(H,28,29). The lowest BCUT2D eigenvalue weighted by Crippen LogP contribution is -2.14. The van der Waals surface area contributed by atoms with Crippen LogP contribution in [0, 0.1) is 0 Å². The molecular formula is C23H15O8P. The quantitative estimate of drug-likeness (QED) is 0.370. The summed E-state index contributed by atoms with van der Waals surface area (Å²) in [7, 11) is -4.94. The second-order valence-corrected chi connectivity index (χ2v) is 8.65. The van der Waals surface area contributed by atoms with Crippen LogP contribution in [-0.2, 0) is 11.0 Å². The molecule has 32 heavy (non-hydrogen) atoms. The van der Waals surface area contributed by atoms with E-state index in [4.69, 9.17) is 9.05 Å². The Morgan fingerprint density at radius 2 is 1.16 bits per heavy atom. The number of benzene rings is 4. The van der Waals surface area contributed by atoms with Gasteiger partial charge >= 0.3 is 19.8 Å². The van der Waals surface area contributed by atoms with Gasteiger partial charge in [0, 0.05) is 17.5 Å². The highest BCUT2D eigenvalue weighted by Crippen LogP contribution is 2.53. The van der Waals surface area contributed by atoms with Crippen LogP contribution in [-0.4, -0.2) is 27.0 Å². The Labute approximate surface area is 180 Å². The van der Waals surface area contributed by atoms with Gasteiger partial charge in [-0.2, -0.15) is 0 Å². The Kier molecular flexibility index (Phi) is 4.44. The zero-order valence-electron chi connectivity index (χ0n) is 16.3. The molecule has 1 aliphatic heterocycles. The summed E-state index contributed by atoms with van der Waals surface area (Å²) < 4.78 is 23.4. The summed E-state index contributed by atoms with van der Waals surface area (Å²) in [6, 6.07) is 16.7. The zero-order valence-corrected chi connectivity index (χ0v) is 17.2. The number of hydrogen-bond donors (Lipinski definition) is 3. The van der Waals surface area contributed by atoms with E-state index >= 15 is 0 Å². The first kappa shape index (κ1) is 20.1. The molecule has 0 spiro atoms. The highest BCUT2D eigenvalue weighted by molar-refractivity contribution is 7.48. The van der Waals surface area contributed by atoms with Crippen molar-refractivity contribution >= 4 is 41.3 Å². The van der Waals surface area contributed by atoms with E-state index in [1.54, 1.807) is 48.5 Å². The van der Waals surface area contributed by atoms with Gasteiger partial charge in [0.1, 0.15) is 11.1 Å². The molecule has 1 aliphatic rings. The predicted molar refractivity (Wildman–Crippen MR) is 116 cm³/mol. The molecule has 0 aromatic heterocycles. The van der Waals surface area contributed by atoms with Gasteiger partial charge in [-0.05, 0) is 33.7 Å². The Balaban J connectivity index is 1.95. The molecule has 0 fully saturated rings. The van der Waals surface area contributed by atoms with Crippen LogP contribution in [0.2, 0.25) is 0 Å². The number of phosphoric ester groups is 1. The van der Waals surface area contributed by atoms with E-state index in [2.05, 4.69) is 0 Å². The summed E-state index contributed by atoms with van der Waals surface area (Å²) in [5.41, 5.74) is 0.122. The number of phosphoric acid groups is 1. The molecule has 0 amide bonds. The molecule has 1 heterocycles. The molecular weight excluding hydrogens is 435 g/mol. The first-order valence-corrected chi connectivity index (χ1v) is 11.0. The fourth-order valence-electron chi connectivity index (χ4n) is 4.11. The van der Waals surface area contributed by atoms with Gasteiger partial charge in [-0.3, -0.25) is 4.89 Å². The number of carbonyl (C=O) groups is 2. The maximum absolute atomic E-state index is 12.9. The monoisotopic (exact) mass is 450 g/mol. The predicted octanol–water partition coefficient (Wildman–Crippen LogP) is 4.85. The molecule has 0 bridgehead atoms. The van der Waals surface area contributed by atoms with Crippen molar-refractivity contribution in [2.24, 2.45) is 0 Å². The van der Waals surface area contributed by atoms with Gasteiger partial charge in [-0.25, -0.2) is 14.2 Å². The maximum Gasteiger partial charge on any atom is 0.584 e. The van der Waals surface area contributed by atoms with Gasteiger partial charge in [0.15, 0.2) is 11.5 Å². The van der Waals surface area contributed by atoms with Crippen LogP contribution in [0.15, 0.2) is 60.7 Å². The van der Waals surface area contributed by atoms with Crippen molar-refractivity contribution < 1.29 is 38.3 Å². The second kappa shape index (κ2) is 7.09. The normalized spacial score (nSPS) is 14.4. The van der Waals surface area contributed by atoms with Crippen LogP contribution in [0.1, 0.15) is 31.8 Å². The second-order valence-electron chi connectivity index (χ2n) is 7.34. The van der Waals surface area contributed by atoms with Gasteiger partial charge in [0.05, 0.1) is 0 Å². The zero-order chi connectivity index (χ0) is 22.6. The molecule has 0 unspecified atom stereocenters. The molecule has 0 saturated heterocycles. The summed E-state index contributed by atoms with van der Waals surface area (Å²) in [4.78, 5) is 34.4. The van der Waals surface area contributed by atoms with Crippen molar-refractivity contribution in [1.29, 1.82) is 0 Å². The topological polar surface area (TPSA) is 130 Å². The third-order valence-corrected chi connectivity index (χ3v) is 6.26. The molecule has 160 valence electrons. The van der Waals surface area contributed by atoms with E-state index in [0.717, 1.165) is 0 Å². The molecule has 0 aliphatic carbocycles. The van der Waals surface area contributed by atoms with Crippen molar-refractivity contribution in [2.75, 3.05) is 0 Å². The molecule has 0 saturated carbocycles. The lowest BCUT2D eigenvalue weighted by Gasteiger charge is -2.25. The fraction of sp³-hybridized carbons (Fsp3) is 0.0435. The van der Waals surface area contributed by atoms with Crippen LogP contribution >= 0.6 is 7.82 Å². The lowest BCUT2D eigenvalue weighted by molar-refractivity contribution is 0.0685. The van der Waals surface area contributed by atoms with E-state index in [1.165, 1.54) is 12.1 Å². The number of fused-ring (bicyclic) bond motifs is 6. The molecule has 4 aromatic carbocycles. The number of aromatic carboxylic acids is 2. The minimum Gasteiger partial charge on any atom is -0.478 e. The van der Waals surface area contributed by atoms with Crippen LogP contribution < -0.4 is 9.05 Å². The number of hydrogen-bond acceptors (Lipinski definition) is 5. The third-order valence-electron chi connectivity index (χ3n) is 5.44. The summed E-state index contributed by atoms with van der Waals surface area (Å²) in [5.74, 6) is -3.23. The van der Waals surface area contributed by atoms with Gasteiger partial charge in [0.25, 0.3) is 0 Å². The Morgan fingerprint density at radius 1 is 0.750 bits per heavy atom. The minimum atomic E-state index is -4.94. The first-order valence-electron chi connectivity index (χ1n) is 9.53. The van der Waals surface area contributed by atoms with Crippen molar-refractivity contribution in [3.63, 3.8) is 0 Å². The summed E-state index contributed by atoms with van der Waals surface area (Å²) in [5, 5.41) is 21.9. The van der Waals surface area contributed by atoms with Crippen molar-refractivity contribution in [2.45, 2.75) is 6.42 Å². The lowest BCUT2D eigenvalue weighted by atomic mass is 9.90. The first-order chi connectivity index (χ1) is 15.2. The SMILES string of the molecule is O=C(O)c1cc2ccccc2c2c1OP(=O)(O)Oc1c(C(=O)O)cc3ccccc3c1C2. The van der Waals surface area contributed by atoms with E-state index < -0.39 is 19.8 Å². The van der Waals surface area contributed by atoms with Gasteiger partial charge in [-0.15, -0.1) is 0 Å². The molecule has 8 nitrogen and oxygen atoms in total. The fourth-order valence-corrected chi connectivity index (χ4v) is 5.03. The van der Waals surface area contributed by atoms with E-state index in [1.807, 2.05) is 0 Å². The summed E-state index contributed by atoms with van der Waals surface area (Å²) in [6.45, 7) is 0. The minimum absolute atomic E-state index is 0.0218. The highest BCUT2D eigenvalue weighted by atomic mass is 31.2. The maximum atomic E-state index is 12.9. The number of carboxylic acids is 2. The average Bonchev–Trinajstić information content (AvgIpc) is 2.74. The molecule has 5 rings (SSSR count). The Hall–Kier alpha value is -3.87. The summed E-state index contributed by atoms with van der Waals surface area (Å²) in [6.07, 6.45) is 0.0218. The Bertz CT molecular complexity index is 1400. The molecule has 4 aromatic rings. The Morgan fingerprint density at radius 3 is 1.56 bits per heavy atom. The van der Waals surface area contributed by atoms with Crippen molar-refractivity contribution in [1.82, 2.24) is 0 Å². The van der Waals surface area contributed by atoms with Crippen LogP contribution in [0.5, 0.6) is 11.5 Å². The van der Waals surface area contributed by atoms with Crippen molar-refractivity contribution in [3.05, 3.63) is 82.9 Å². The van der Waals surface area contributed by atoms with E-state index in [-0.39, 0.29) is 29.0 Å². The van der Waals surface area contributed by atoms with Crippen LogP contribution in [0.4, 0.5) is 0 Å². The van der Waals surface area contributed by atoms with Crippen molar-refractivity contribution in [3.8, 4) is 11.5 Å². The molecule has 0 radical (unpaired) electrons. The van der Waals surface area contributed by atoms with Crippen LogP contribution in [0.3, 0.4) is 0 Å². The average molecular weight is 450 g/mol. The van der Waals surface area contributed by atoms with E-state index in [0.29, 0.717) is 32.7 Å².